The lowest BCUT2D eigenvalue weighted by molar-refractivity contribution is -0.385. The second-order valence-electron chi connectivity index (χ2n) is 6.55. The second kappa shape index (κ2) is 9.96. The highest BCUT2D eigenvalue weighted by Gasteiger charge is 2.36. The maximum atomic E-state index is 12.8. The van der Waals surface area contributed by atoms with Crippen LogP contribution in [0, 0.1) is 10.1 Å². The highest BCUT2D eigenvalue weighted by Crippen LogP contribution is 2.36. The van der Waals surface area contributed by atoms with Crippen molar-refractivity contribution in [3.05, 3.63) is 68.6 Å². The predicted molar refractivity (Wildman–Crippen MR) is 117 cm³/mol. The van der Waals surface area contributed by atoms with Gasteiger partial charge in [0.15, 0.2) is 18.1 Å². The molecule has 3 amide bonds. The lowest BCUT2D eigenvalue weighted by Crippen LogP contribution is -2.27. The molecule has 0 spiro atoms. The third-order valence-corrected chi connectivity index (χ3v) is 5.23. The van der Waals surface area contributed by atoms with Gasteiger partial charge < -0.3 is 15.2 Å². The van der Waals surface area contributed by atoms with Gasteiger partial charge in [-0.05, 0) is 42.5 Å². The van der Waals surface area contributed by atoms with Crippen LogP contribution in [0.5, 0.6) is 11.5 Å². The minimum atomic E-state index is -0.635. The topological polar surface area (TPSA) is 142 Å². The Morgan fingerprint density at radius 3 is 2.62 bits per heavy atom. The first-order valence-corrected chi connectivity index (χ1v) is 10.3. The number of nitrogens with zero attached hydrogens (tertiary/aromatic N) is 2. The van der Waals surface area contributed by atoms with E-state index >= 15 is 0 Å². The molecule has 0 aromatic heterocycles. The van der Waals surface area contributed by atoms with E-state index in [1.165, 1.54) is 24.3 Å². The summed E-state index contributed by atoms with van der Waals surface area (Å²) in [6.07, 6.45) is 1.52. The number of benzene rings is 2. The average molecular weight is 457 g/mol. The molecule has 2 N–H and O–H groups in total. The van der Waals surface area contributed by atoms with Gasteiger partial charge in [-0.25, -0.2) is 0 Å². The Bertz CT molecular complexity index is 1120. The van der Waals surface area contributed by atoms with Crippen LogP contribution >= 0.6 is 11.8 Å². The molecule has 0 unspecified atom stereocenters. The zero-order valence-electron chi connectivity index (χ0n) is 17.0. The van der Waals surface area contributed by atoms with Crippen LogP contribution in [0.1, 0.15) is 18.1 Å². The van der Waals surface area contributed by atoms with Gasteiger partial charge in [-0.2, -0.15) is 0 Å². The Morgan fingerprint density at radius 2 is 1.94 bits per heavy atom. The van der Waals surface area contributed by atoms with E-state index in [9.17, 15) is 24.5 Å². The van der Waals surface area contributed by atoms with Crippen LogP contribution in [-0.2, 0) is 16.1 Å². The predicted octanol–water partition coefficient (Wildman–Crippen LogP) is 3.09. The fourth-order valence-corrected chi connectivity index (χ4v) is 3.77. The molecule has 1 saturated heterocycles. The number of rotatable bonds is 9. The third-order valence-electron chi connectivity index (χ3n) is 4.33. The molecule has 0 aliphatic carbocycles. The molecule has 1 aliphatic heterocycles. The smallest absolute Gasteiger partial charge is 0.293 e. The lowest BCUT2D eigenvalue weighted by Gasteiger charge is -2.13. The van der Waals surface area contributed by atoms with Crippen molar-refractivity contribution in [1.82, 2.24) is 4.90 Å². The Hall–Kier alpha value is -3.86. The molecule has 2 aromatic rings. The first-order chi connectivity index (χ1) is 15.3. The standard InChI is InChI=1S/C21H19N3O7S/c1-2-30-17-9-13(7-8-16(17)31-12-19(22)25)10-18-20(26)23(21(27)32-18)11-14-5-3-4-6-15(14)24(28)29/h3-10H,2,11-12H2,1H3,(H2,22,25)/b18-10-. The number of thioether (sulfide) groups is 1. The molecule has 1 heterocycles. The van der Waals surface area contributed by atoms with Gasteiger partial charge in [0, 0.05) is 11.6 Å². The summed E-state index contributed by atoms with van der Waals surface area (Å²) in [7, 11) is 0. The summed E-state index contributed by atoms with van der Waals surface area (Å²) in [6, 6.07) is 10.8. The number of imide groups is 1. The van der Waals surface area contributed by atoms with Crippen LogP contribution in [0.2, 0.25) is 0 Å². The number of nitro groups is 1. The normalized spacial score (nSPS) is 14.7. The monoisotopic (exact) mass is 457 g/mol. The molecule has 0 atom stereocenters. The first-order valence-electron chi connectivity index (χ1n) is 9.45. The number of para-hydroxylation sites is 1. The Kier molecular flexibility index (Phi) is 7.11. The van der Waals surface area contributed by atoms with Crippen LogP contribution in [-0.4, -0.2) is 40.1 Å². The third kappa shape index (κ3) is 5.24. The average Bonchev–Trinajstić information content (AvgIpc) is 3.01. The van der Waals surface area contributed by atoms with Crippen molar-refractivity contribution in [1.29, 1.82) is 0 Å². The Labute approximate surface area is 187 Å². The number of amides is 3. The maximum Gasteiger partial charge on any atom is 0.293 e. The van der Waals surface area contributed by atoms with E-state index in [4.69, 9.17) is 15.2 Å². The molecule has 10 nitrogen and oxygen atoms in total. The van der Waals surface area contributed by atoms with Gasteiger partial charge in [0.1, 0.15) is 0 Å². The lowest BCUT2D eigenvalue weighted by atomic mass is 10.1. The summed E-state index contributed by atoms with van der Waals surface area (Å²) in [5, 5.41) is 10.7. The van der Waals surface area contributed by atoms with Gasteiger partial charge in [0.2, 0.25) is 0 Å². The maximum absolute atomic E-state index is 12.8. The fourth-order valence-electron chi connectivity index (χ4n) is 2.93. The Morgan fingerprint density at radius 1 is 1.19 bits per heavy atom. The molecule has 0 bridgehead atoms. The number of carbonyl (C=O) groups excluding carboxylic acids is 3. The number of nitrogens with two attached hydrogens (primary N) is 1. The summed E-state index contributed by atoms with van der Waals surface area (Å²) in [6.45, 7) is 1.59. The van der Waals surface area contributed by atoms with E-state index in [0.29, 0.717) is 23.7 Å². The van der Waals surface area contributed by atoms with E-state index in [2.05, 4.69) is 0 Å². The van der Waals surface area contributed by atoms with Crippen molar-refractivity contribution in [3.8, 4) is 11.5 Å². The highest BCUT2D eigenvalue weighted by molar-refractivity contribution is 8.18. The van der Waals surface area contributed by atoms with Crippen LogP contribution in [0.4, 0.5) is 10.5 Å². The van der Waals surface area contributed by atoms with Gasteiger partial charge >= 0.3 is 0 Å². The number of ether oxygens (including phenoxy) is 2. The summed E-state index contributed by atoms with van der Waals surface area (Å²) < 4.78 is 10.8. The summed E-state index contributed by atoms with van der Waals surface area (Å²) in [4.78, 5) is 48.0. The Balaban J connectivity index is 1.83. The number of primary amides is 1. The quantitative estimate of drug-likeness (QED) is 0.344. The molecule has 11 heteroatoms. The van der Waals surface area contributed by atoms with Gasteiger partial charge in [-0.1, -0.05) is 24.3 Å². The SMILES string of the molecule is CCOc1cc(/C=C2\SC(=O)N(Cc3ccccc3[N+](=O)[O-])C2=O)ccc1OCC(N)=O. The zero-order valence-corrected chi connectivity index (χ0v) is 17.8. The molecule has 2 aromatic carbocycles. The molecular weight excluding hydrogens is 438 g/mol. The van der Waals surface area contributed by atoms with Crippen molar-refractivity contribution in [2.75, 3.05) is 13.2 Å². The molecular formula is C21H19N3O7S. The summed E-state index contributed by atoms with van der Waals surface area (Å²) in [5.41, 5.74) is 5.76. The van der Waals surface area contributed by atoms with E-state index in [1.807, 2.05) is 0 Å². The summed E-state index contributed by atoms with van der Waals surface area (Å²) >= 11 is 0.743. The van der Waals surface area contributed by atoms with Crippen molar-refractivity contribution in [2.24, 2.45) is 5.73 Å². The van der Waals surface area contributed by atoms with Crippen LogP contribution < -0.4 is 15.2 Å². The number of hydrogen-bond donors (Lipinski definition) is 1. The van der Waals surface area contributed by atoms with E-state index < -0.39 is 22.0 Å². The fraction of sp³-hybridized carbons (Fsp3) is 0.190. The van der Waals surface area contributed by atoms with Crippen LogP contribution in [0.25, 0.3) is 6.08 Å². The van der Waals surface area contributed by atoms with E-state index in [0.717, 1.165) is 16.7 Å². The number of hydrogen-bond acceptors (Lipinski definition) is 8. The van der Waals surface area contributed by atoms with Gasteiger partial charge in [0.05, 0.1) is 23.0 Å². The van der Waals surface area contributed by atoms with Crippen molar-refractivity contribution >= 4 is 40.6 Å². The van der Waals surface area contributed by atoms with E-state index in [-0.39, 0.29) is 29.3 Å². The molecule has 1 aliphatic rings. The molecule has 166 valence electrons. The number of nitro benzene ring substituents is 1. The second-order valence-corrected chi connectivity index (χ2v) is 7.54. The largest absolute Gasteiger partial charge is 0.490 e. The van der Waals surface area contributed by atoms with Crippen molar-refractivity contribution < 1.29 is 28.8 Å². The highest BCUT2D eigenvalue weighted by atomic mass is 32.2. The van der Waals surface area contributed by atoms with Crippen molar-refractivity contribution in [3.63, 3.8) is 0 Å². The zero-order chi connectivity index (χ0) is 23.3. The molecule has 0 saturated carbocycles. The van der Waals surface area contributed by atoms with E-state index in [1.54, 1.807) is 31.2 Å². The number of carbonyl (C=O) groups is 3. The molecule has 32 heavy (non-hydrogen) atoms. The molecule has 3 rings (SSSR count). The molecule has 1 fully saturated rings. The molecule has 0 radical (unpaired) electrons. The minimum absolute atomic E-state index is 0.163. The van der Waals surface area contributed by atoms with Crippen LogP contribution in [0.15, 0.2) is 47.4 Å². The van der Waals surface area contributed by atoms with Gasteiger partial charge in [-0.15, -0.1) is 0 Å². The summed E-state index contributed by atoms with van der Waals surface area (Å²) in [5.74, 6) is -0.525. The van der Waals surface area contributed by atoms with Gasteiger partial charge in [0.25, 0.3) is 22.7 Å². The van der Waals surface area contributed by atoms with Crippen LogP contribution in [0.3, 0.4) is 0 Å². The minimum Gasteiger partial charge on any atom is -0.490 e. The van der Waals surface area contributed by atoms with Crippen molar-refractivity contribution in [2.45, 2.75) is 13.5 Å². The van der Waals surface area contributed by atoms with Gasteiger partial charge in [-0.3, -0.25) is 29.4 Å². The first kappa shape index (κ1) is 22.8.